The number of hydrogen-bond donors (Lipinski definition) is 5. The molecular weight excluding hydrogens is 516 g/mol. The van der Waals surface area contributed by atoms with Crippen molar-refractivity contribution in [2.45, 2.75) is 26.4 Å². The molecule has 202 valence electrons. The normalized spacial score (nSPS) is 13.8. The number of nitrogens with one attached hydrogen (secondary N) is 3. The standard InChI is InChI=1S/C25H28N4O8S/c1-25(2,13-30)22(34)24(36)27-10-9-26-17(32)8-11-38-16-12-15(31)21-18(20(16)33)19(29-37-21)23(35)28-14-6-4-3-5-7-14/h3-7,12,22,30,34H,8-11,13H2,1-2H3,(H,26,32)(H,27,36)(H,28,35)/t22-/m0/s1. The summed E-state index contributed by atoms with van der Waals surface area (Å²) in [5.74, 6) is -3.08. The van der Waals surface area contributed by atoms with E-state index in [9.17, 15) is 34.2 Å². The van der Waals surface area contributed by atoms with Crippen molar-refractivity contribution in [1.29, 1.82) is 0 Å². The fourth-order valence-electron chi connectivity index (χ4n) is 3.28. The number of nitrogens with zero attached hydrogens (tertiary/aromatic N) is 1. The minimum Gasteiger partial charge on any atom is -0.396 e. The molecule has 0 fully saturated rings. The summed E-state index contributed by atoms with van der Waals surface area (Å²) >= 11 is 0.984. The number of aliphatic hydroxyl groups excluding tert-OH is 2. The molecule has 1 aliphatic rings. The van der Waals surface area contributed by atoms with Gasteiger partial charge in [0.05, 0.1) is 11.5 Å². The van der Waals surface area contributed by atoms with Crippen LogP contribution in [0, 0.1) is 5.41 Å². The van der Waals surface area contributed by atoms with Crippen molar-refractivity contribution < 1.29 is 38.7 Å². The first-order valence-electron chi connectivity index (χ1n) is 11.7. The molecule has 12 nitrogen and oxygen atoms in total. The number of fused-ring (bicyclic) bond motifs is 1. The van der Waals surface area contributed by atoms with Crippen LogP contribution in [-0.2, 0) is 9.59 Å². The second-order valence-electron chi connectivity index (χ2n) is 9.05. The third-order valence-electron chi connectivity index (χ3n) is 5.60. The third-order valence-corrected chi connectivity index (χ3v) is 6.63. The Morgan fingerprint density at radius 1 is 1.11 bits per heavy atom. The monoisotopic (exact) mass is 544 g/mol. The molecule has 1 atom stereocenters. The topological polar surface area (TPSA) is 188 Å². The van der Waals surface area contributed by atoms with Crippen molar-refractivity contribution >= 4 is 46.7 Å². The van der Waals surface area contributed by atoms with Crippen molar-refractivity contribution in [1.82, 2.24) is 15.8 Å². The van der Waals surface area contributed by atoms with E-state index < -0.39 is 34.9 Å². The number of para-hydroxylation sites is 1. The molecule has 0 aliphatic heterocycles. The lowest BCUT2D eigenvalue weighted by molar-refractivity contribution is -0.137. The first-order valence-corrected chi connectivity index (χ1v) is 12.7. The van der Waals surface area contributed by atoms with Crippen LogP contribution in [0.3, 0.4) is 0 Å². The number of anilines is 1. The van der Waals surface area contributed by atoms with E-state index >= 15 is 0 Å². The number of Topliss-reactive ketones (excluding diaryl/α,β-unsaturated/α-hetero) is 1. The molecule has 1 heterocycles. The minimum absolute atomic E-state index is 0.00936. The van der Waals surface area contributed by atoms with Gasteiger partial charge >= 0.3 is 0 Å². The van der Waals surface area contributed by atoms with Gasteiger partial charge in [0.15, 0.2) is 5.69 Å². The predicted molar refractivity (Wildman–Crippen MR) is 138 cm³/mol. The lowest BCUT2D eigenvalue weighted by atomic mass is 9.87. The van der Waals surface area contributed by atoms with Gasteiger partial charge in [-0.25, -0.2) is 0 Å². The summed E-state index contributed by atoms with van der Waals surface area (Å²) in [6, 6.07) is 8.51. The number of aromatic nitrogens is 1. The Hall–Kier alpha value is -3.81. The van der Waals surface area contributed by atoms with E-state index in [-0.39, 0.29) is 59.7 Å². The fraction of sp³-hybridized carbons (Fsp3) is 0.360. The molecule has 0 bridgehead atoms. The molecule has 13 heteroatoms. The van der Waals surface area contributed by atoms with Crippen molar-refractivity contribution in [3.05, 3.63) is 58.3 Å². The van der Waals surface area contributed by atoms with Gasteiger partial charge in [-0.05, 0) is 12.1 Å². The van der Waals surface area contributed by atoms with Gasteiger partial charge < -0.3 is 30.7 Å². The number of carbonyl (C=O) groups is 5. The number of rotatable bonds is 12. The summed E-state index contributed by atoms with van der Waals surface area (Å²) in [7, 11) is 0. The zero-order chi connectivity index (χ0) is 27.9. The van der Waals surface area contributed by atoms with Crippen LogP contribution in [0.15, 0.2) is 45.8 Å². The molecule has 0 saturated carbocycles. The van der Waals surface area contributed by atoms with E-state index in [1.807, 2.05) is 0 Å². The second-order valence-corrected chi connectivity index (χ2v) is 10.2. The predicted octanol–water partition coefficient (Wildman–Crippen LogP) is 0.925. The Kier molecular flexibility index (Phi) is 9.55. The molecule has 1 aliphatic carbocycles. The Labute approximate surface area is 222 Å². The van der Waals surface area contributed by atoms with E-state index in [0.29, 0.717) is 5.69 Å². The summed E-state index contributed by atoms with van der Waals surface area (Å²) in [5, 5.41) is 30.5. The van der Waals surface area contributed by atoms with Crippen LogP contribution in [0.25, 0.3) is 0 Å². The maximum absolute atomic E-state index is 13.0. The Bertz CT molecular complexity index is 1260. The van der Waals surface area contributed by atoms with Crippen LogP contribution in [0.4, 0.5) is 5.69 Å². The molecule has 38 heavy (non-hydrogen) atoms. The highest BCUT2D eigenvalue weighted by Crippen LogP contribution is 2.31. The average Bonchev–Trinajstić information content (AvgIpc) is 3.36. The Morgan fingerprint density at radius 3 is 2.47 bits per heavy atom. The summed E-state index contributed by atoms with van der Waals surface area (Å²) in [4.78, 5) is 62.2. The van der Waals surface area contributed by atoms with Gasteiger partial charge in [-0.3, -0.25) is 24.0 Å². The van der Waals surface area contributed by atoms with Crippen LogP contribution in [0.2, 0.25) is 0 Å². The summed E-state index contributed by atoms with van der Waals surface area (Å²) in [5.41, 5.74) is -1.05. The van der Waals surface area contributed by atoms with Gasteiger partial charge in [-0.15, -0.1) is 11.8 Å². The molecular formula is C25H28N4O8S. The molecule has 0 spiro atoms. The average molecular weight is 545 g/mol. The van der Waals surface area contributed by atoms with Crippen molar-refractivity contribution in [2.75, 3.05) is 30.8 Å². The summed E-state index contributed by atoms with van der Waals surface area (Å²) in [6.45, 7) is 2.88. The molecule has 2 aromatic rings. The quantitative estimate of drug-likeness (QED) is 0.240. The van der Waals surface area contributed by atoms with Gasteiger partial charge in [0.2, 0.25) is 29.1 Å². The SMILES string of the molecule is CC(C)(CO)[C@@H](O)C(=O)NCCNC(=O)CCSC1=CC(=O)c2onc(C(=O)Nc3ccccc3)c2C1=O. The van der Waals surface area contributed by atoms with E-state index in [1.165, 1.54) is 0 Å². The molecule has 1 aromatic carbocycles. The largest absolute Gasteiger partial charge is 0.396 e. The maximum Gasteiger partial charge on any atom is 0.278 e. The van der Waals surface area contributed by atoms with Crippen LogP contribution < -0.4 is 16.0 Å². The van der Waals surface area contributed by atoms with E-state index in [1.54, 1.807) is 44.2 Å². The lowest BCUT2D eigenvalue weighted by Crippen LogP contribution is -2.47. The van der Waals surface area contributed by atoms with Gasteiger partial charge in [0.25, 0.3) is 5.91 Å². The van der Waals surface area contributed by atoms with Crippen molar-refractivity contribution in [3.63, 3.8) is 0 Å². The first kappa shape index (κ1) is 28.8. The zero-order valence-electron chi connectivity index (χ0n) is 20.8. The van der Waals surface area contributed by atoms with Gasteiger partial charge in [0.1, 0.15) is 11.7 Å². The molecule has 3 rings (SSSR count). The van der Waals surface area contributed by atoms with E-state index in [2.05, 4.69) is 21.1 Å². The van der Waals surface area contributed by atoms with Crippen LogP contribution in [0.5, 0.6) is 0 Å². The van der Waals surface area contributed by atoms with E-state index in [4.69, 9.17) is 4.52 Å². The molecule has 0 unspecified atom stereocenters. The molecule has 0 radical (unpaired) electrons. The maximum atomic E-state index is 13.0. The molecule has 3 amide bonds. The number of thioether (sulfide) groups is 1. The van der Waals surface area contributed by atoms with Crippen LogP contribution in [0.1, 0.15) is 51.7 Å². The van der Waals surface area contributed by atoms with Gasteiger partial charge in [0, 0.05) is 42.4 Å². The number of carbonyl (C=O) groups excluding carboxylic acids is 5. The summed E-state index contributed by atoms with van der Waals surface area (Å²) in [6.07, 6.45) is -0.305. The van der Waals surface area contributed by atoms with Gasteiger partial charge in [-0.2, -0.15) is 0 Å². The highest BCUT2D eigenvalue weighted by molar-refractivity contribution is 8.04. The number of amides is 3. The summed E-state index contributed by atoms with van der Waals surface area (Å²) < 4.78 is 4.97. The Balaban J connectivity index is 1.47. The third kappa shape index (κ3) is 6.94. The van der Waals surface area contributed by atoms with Crippen molar-refractivity contribution in [2.24, 2.45) is 5.41 Å². The Morgan fingerprint density at radius 2 is 1.79 bits per heavy atom. The fourth-order valence-corrected chi connectivity index (χ4v) is 4.21. The number of benzene rings is 1. The lowest BCUT2D eigenvalue weighted by Gasteiger charge is -2.27. The van der Waals surface area contributed by atoms with Crippen molar-refractivity contribution in [3.8, 4) is 0 Å². The smallest absolute Gasteiger partial charge is 0.278 e. The van der Waals surface area contributed by atoms with Crippen LogP contribution in [-0.4, -0.2) is 76.2 Å². The van der Waals surface area contributed by atoms with Gasteiger partial charge in [-0.1, -0.05) is 37.2 Å². The zero-order valence-corrected chi connectivity index (χ0v) is 21.6. The number of hydrogen-bond acceptors (Lipinski definition) is 10. The first-order chi connectivity index (χ1) is 18.0. The number of aliphatic hydroxyl groups is 2. The van der Waals surface area contributed by atoms with E-state index in [0.717, 1.165) is 17.8 Å². The van der Waals surface area contributed by atoms with Crippen LogP contribution >= 0.6 is 11.8 Å². The molecule has 5 N–H and O–H groups in total. The molecule has 1 aromatic heterocycles. The highest BCUT2D eigenvalue weighted by Gasteiger charge is 2.36. The number of ketones is 2. The second kappa shape index (κ2) is 12.6. The minimum atomic E-state index is -1.40. The molecule has 0 saturated heterocycles. The number of allylic oxidation sites excluding steroid dienone is 2. The highest BCUT2D eigenvalue weighted by atomic mass is 32.2.